The molecule has 0 N–H and O–H groups in total. The van der Waals surface area contributed by atoms with Crippen molar-refractivity contribution in [2.45, 2.75) is 71.3 Å². The molecule has 1 fully saturated rings. The van der Waals surface area contributed by atoms with Crippen molar-refractivity contribution >= 4 is 6.09 Å². The zero-order valence-corrected chi connectivity index (χ0v) is 19.5. The lowest BCUT2D eigenvalue weighted by molar-refractivity contribution is 0.0202. The molecule has 7 heteroatoms. The monoisotopic (exact) mass is 441 g/mol. The molecule has 3 heterocycles. The number of hydrogen-bond acceptors (Lipinski definition) is 5. The molecule has 1 aromatic carbocycles. The molecule has 0 saturated carbocycles. The first-order valence-electron chi connectivity index (χ1n) is 11.7. The normalized spacial score (nSPS) is 17.3. The smallest absolute Gasteiger partial charge is 0.410 e. The number of benzene rings is 1. The average molecular weight is 442 g/mol. The number of piperidine rings is 1. The van der Waals surface area contributed by atoms with E-state index in [2.05, 4.69) is 16.8 Å². The fourth-order valence-corrected chi connectivity index (χ4v) is 4.47. The van der Waals surface area contributed by atoms with Crippen molar-refractivity contribution < 1.29 is 19.0 Å². The highest BCUT2D eigenvalue weighted by atomic mass is 16.6. The quantitative estimate of drug-likeness (QED) is 0.626. The highest BCUT2D eigenvalue weighted by molar-refractivity contribution is 5.68. The molecule has 2 aromatic rings. The Labute approximate surface area is 190 Å². The topological polar surface area (TPSA) is 65.8 Å². The van der Waals surface area contributed by atoms with Gasteiger partial charge in [0.15, 0.2) is 0 Å². The van der Waals surface area contributed by atoms with Crippen LogP contribution in [-0.2, 0) is 40.4 Å². The molecule has 4 rings (SSSR count). The van der Waals surface area contributed by atoms with Crippen LogP contribution in [0.4, 0.5) is 4.79 Å². The summed E-state index contributed by atoms with van der Waals surface area (Å²) in [6.07, 6.45) is 2.45. The number of nitrogens with zero attached hydrogens (tertiary/aromatic N) is 3. The number of fused-ring (bicyclic) bond motifs is 1. The van der Waals surface area contributed by atoms with E-state index >= 15 is 0 Å². The summed E-state index contributed by atoms with van der Waals surface area (Å²) < 4.78 is 19.4. The van der Waals surface area contributed by atoms with Crippen LogP contribution in [0.15, 0.2) is 30.3 Å². The fourth-order valence-electron chi connectivity index (χ4n) is 4.47. The van der Waals surface area contributed by atoms with Crippen LogP contribution in [-0.4, -0.2) is 52.7 Å². The van der Waals surface area contributed by atoms with Crippen molar-refractivity contribution in [3.8, 4) is 0 Å². The maximum Gasteiger partial charge on any atom is 0.410 e. The van der Waals surface area contributed by atoms with E-state index < -0.39 is 5.60 Å². The largest absolute Gasteiger partial charge is 0.444 e. The van der Waals surface area contributed by atoms with Crippen LogP contribution >= 0.6 is 0 Å². The predicted molar refractivity (Wildman–Crippen MR) is 121 cm³/mol. The van der Waals surface area contributed by atoms with E-state index in [1.807, 2.05) is 43.9 Å². The maximum atomic E-state index is 12.4. The summed E-state index contributed by atoms with van der Waals surface area (Å²) >= 11 is 0. The highest BCUT2D eigenvalue weighted by Gasteiger charge is 2.32. The van der Waals surface area contributed by atoms with Gasteiger partial charge in [0.05, 0.1) is 38.7 Å². The summed E-state index contributed by atoms with van der Waals surface area (Å²) in [5.41, 5.74) is 4.38. The molecule has 2 aliphatic rings. The van der Waals surface area contributed by atoms with Gasteiger partial charge < -0.3 is 19.1 Å². The van der Waals surface area contributed by atoms with Gasteiger partial charge in [-0.2, -0.15) is 5.10 Å². The summed E-state index contributed by atoms with van der Waals surface area (Å²) in [4.78, 5) is 14.3. The van der Waals surface area contributed by atoms with Crippen molar-refractivity contribution in [3.05, 3.63) is 52.8 Å². The summed E-state index contributed by atoms with van der Waals surface area (Å²) in [5.74, 6) is 0.362. The minimum absolute atomic E-state index is 0.218. The lowest BCUT2D eigenvalue weighted by Gasteiger charge is -2.34. The van der Waals surface area contributed by atoms with Crippen molar-refractivity contribution in [3.63, 3.8) is 0 Å². The Hall–Kier alpha value is -2.38. The molecule has 0 spiro atoms. The third-order valence-electron chi connectivity index (χ3n) is 6.00. The number of carbonyl (C=O) groups excluding carboxylic acids is 1. The van der Waals surface area contributed by atoms with Gasteiger partial charge in [-0.05, 0) is 39.2 Å². The minimum atomic E-state index is -0.470. The Bertz CT molecular complexity index is 896. The number of carbonyl (C=O) groups is 1. The molecule has 0 unspecified atom stereocenters. The molecular weight excluding hydrogens is 406 g/mol. The van der Waals surface area contributed by atoms with Crippen molar-refractivity contribution in [2.75, 3.05) is 26.3 Å². The van der Waals surface area contributed by atoms with E-state index in [0.29, 0.717) is 38.8 Å². The SMILES string of the molecule is CC(C)(C)OC(=O)N1CCC(c2c3c(nn2CCOCc2ccccc2)CCOC3)CC1. The van der Waals surface area contributed by atoms with Gasteiger partial charge in [0.25, 0.3) is 0 Å². The van der Waals surface area contributed by atoms with Gasteiger partial charge >= 0.3 is 6.09 Å². The molecule has 0 bridgehead atoms. The molecule has 0 aliphatic carbocycles. The number of hydrogen-bond donors (Lipinski definition) is 0. The van der Waals surface area contributed by atoms with E-state index in [0.717, 1.165) is 38.1 Å². The molecule has 2 aliphatic heterocycles. The first-order chi connectivity index (χ1) is 15.4. The minimum Gasteiger partial charge on any atom is -0.444 e. The molecule has 174 valence electrons. The second kappa shape index (κ2) is 10.0. The van der Waals surface area contributed by atoms with Crippen LogP contribution in [0.25, 0.3) is 0 Å². The van der Waals surface area contributed by atoms with E-state index in [1.54, 1.807) is 0 Å². The third-order valence-corrected chi connectivity index (χ3v) is 6.00. The van der Waals surface area contributed by atoms with E-state index in [1.165, 1.54) is 16.8 Å². The number of likely N-dealkylation sites (tertiary alicyclic amines) is 1. The molecule has 0 atom stereocenters. The summed E-state index contributed by atoms with van der Waals surface area (Å²) in [6.45, 7) is 10.4. The first-order valence-corrected chi connectivity index (χ1v) is 11.7. The van der Waals surface area contributed by atoms with Crippen LogP contribution in [0, 0.1) is 0 Å². The molecule has 0 radical (unpaired) electrons. The molecule has 1 amide bonds. The standard InChI is InChI=1S/C25H35N3O4/c1-25(2,3)32-24(29)27-12-9-20(10-13-27)23-21-18-30-15-11-22(21)26-28(23)14-16-31-17-19-7-5-4-6-8-19/h4-8,20H,9-18H2,1-3H3. The average Bonchev–Trinajstić information content (AvgIpc) is 3.15. The maximum absolute atomic E-state index is 12.4. The molecule has 32 heavy (non-hydrogen) atoms. The van der Waals surface area contributed by atoms with Gasteiger partial charge in [-0.1, -0.05) is 30.3 Å². The van der Waals surface area contributed by atoms with Gasteiger partial charge in [0.2, 0.25) is 0 Å². The Kier molecular flexibility index (Phi) is 7.16. The van der Waals surface area contributed by atoms with Crippen LogP contribution in [0.2, 0.25) is 0 Å². The van der Waals surface area contributed by atoms with Crippen LogP contribution < -0.4 is 0 Å². The van der Waals surface area contributed by atoms with Gasteiger partial charge in [-0.15, -0.1) is 0 Å². The van der Waals surface area contributed by atoms with Crippen molar-refractivity contribution in [1.82, 2.24) is 14.7 Å². The predicted octanol–water partition coefficient (Wildman–Crippen LogP) is 4.29. The number of amides is 1. The Morgan fingerprint density at radius 2 is 1.94 bits per heavy atom. The van der Waals surface area contributed by atoms with Gasteiger partial charge in [-0.3, -0.25) is 4.68 Å². The van der Waals surface area contributed by atoms with Crippen LogP contribution in [0.3, 0.4) is 0 Å². The van der Waals surface area contributed by atoms with Gasteiger partial charge in [0, 0.05) is 36.7 Å². The first kappa shape index (κ1) is 22.8. The van der Waals surface area contributed by atoms with Crippen molar-refractivity contribution in [1.29, 1.82) is 0 Å². The Balaban J connectivity index is 1.39. The van der Waals surface area contributed by atoms with E-state index in [9.17, 15) is 4.79 Å². The third kappa shape index (κ3) is 5.70. The van der Waals surface area contributed by atoms with E-state index in [4.69, 9.17) is 19.3 Å². The number of aromatic nitrogens is 2. The second-order valence-corrected chi connectivity index (χ2v) is 9.62. The van der Waals surface area contributed by atoms with Crippen LogP contribution in [0.1, 0.15) is 62.0 Å². The summed E-state index contributed by atoms with van der Waals surface area (Å²) in [7, 11) is 0. The number of rotatable bonds is 6. The Morgan fingerprint density at radius 1 is 1.19 bits per heavy atom. The molecular formula is C25H35N3O4. The highest BCUT2D eigenvalue weighted by Crippen LogP contribution is 2.34. The second-order valence-electron chi connectivity index (χ2n) is 9.62. The zero-order chi connectivity index (χ0) is 22.6. The van der Waals surface area contributed by atoms with E-state index in [-0.39, 0.29) is 6.09 Å². The van der Waals surface area contributed by atoms with Crippen molar-refractivity contribution in [2.24, 2.45) is 0 Å². The molecule has 1 aromatic heterocycles. The molecule has 7 nitrogen and oxygen atoms in total. The van der Waals surface area contributed by atoms with Crippen LogP contribution in [0.5, 0.6) is 0 Å². The van der Waals surface area contributed by atoms with Gasteiger partial charge in [0.1, 0.15) is 5.60 Å². The lowest BCUT2D eigenvalue weighted by Crippen LogP contribution is -2.41. The molecule has 1 saturated heterocycles. The Morgan fingerprint density at radius 3 is 2.66 bits per heavy atom. The number of ether oxygens (including phenoxy) is 3. The fraction of sp³-hybridized carbons (Fsp3) is 0.600. The summed E-state index contributed by atoms with van der Waals surface area (Å²) in [6, 6.07) is 10.2. The van der Waals surface area contributed by atoms with Gasteiger partial charge in [-0.25, -0.2) is 4.79 Å². The summed E-state index contributed by atoms with van der Waals surface area (Å²) in [5, 5.41) is 4.92. The lowest BCUT2D eigenvalue weighted by atomic mass is 9.90. The zero-order valence-electron chi connectivity index (χ0n) is 19.5.